The van der Waals surface area contributed by atoms with E-state index in [0.29, 0.717) is 5.56 Å². The fraction of sp³-hybridized carbons (Fsp3) is 0.238. The Morgan fingerprint density at radius 1 is 1.21 bits per heavy atom. The molecule has 2 aromatic carbocycles. The summed E-state index contributed by atoms with van der Waals surface area (Å²) in [5, 5.41) is 7.05. The van der Waals surface area contributed by atoms with Crippen LogP contribution in [0.1, 0.15) is 44.1 Å². The molecule has 0 saturated heterocycles. The highest BCUT2D eigenvalue weighted by atomic mass is 19.3. The van der Waals surface area contributed by atoms with Crippen LogP contribution in [0.2, 0.25) is 0 Å². The molecule has 0 saturated carbocycles. The number of benzene rings is 2. The normalized spacial score (nSPS) is 20.2. The molecule has 2 aliphatic heterocycles. The van der Waals surface area contributed by atoms with E-state index in [1.165, 1.54) is 29.2 Å². The van der Waals surface area contributed by atoms with Crippen LogP contribution in [-0.2, 0) is 11.8 Å². The lowest BCUT2D eigenvalue weighted by Crippen LogP contribution is -2.35. The third-order valence-electron chi connectivity index (χ3n) is 5.49. The van der Waals surface area contributed by atoms with Crippen molar-refractivity contribution < 1.29 is 37.0 Å². The number of rotatable bonds is 3. The number of ketones is 1. The van der Waals surface area contributed by atoms with Crippen molar-refractivity contribution in [3.63, 3.8) is 0 Å². The molecule has 12 heteroatoms. The van der Waals surface area contributed by atoms with Crippen LogP contribution >= 0.6 is 0 Å². The summed E-state index contributed by atoms with van der Waals surface area (Å²) in [6, 6.07) is 5.16. The van der Waals surface area contributed by atoms with Crippen LogP contribution in [0.4, 0.5) is 18.9 Å². The molecule has 0 radical (unpaired) electrons. The molecule has 0 aliphatic carbocycles. The molecule has 0 spiro atoms. The Kier molecular flexibility index (Phi) is 4.55. The quantitative estimate of drug-likeness (QED) is 0.595. The SMILES string of the molecule is COC(=O)c1cc(F)cc2c1C(=O)C(c1ncnn1C)C(c1ccc3c(c1)OC(F)(F)O3)N2. The first-order valence-corrected chi connectivity index (χ1v) is 9.65. The standard InChI is InChI=1S/C21H15F3N4O5/c1-28-19(25-8-26-28)16-17(9-3-4-13-14(5-9)33-21(23,24)32-13)27-12-7-10(22)6-11(20(30)31-2)15(12)18(16)29/h3-8,16-17,27H,1-2H3. The molecule has 2 unspecified atom stereocenters. The number of carbonyl (C=O) groups excluding carboxylic acids is 2. The first-order chi connectivity index (χ1) is 15.7. The predicted octanol–water partition coefficient (Wildman–Crippen LogP) is 3.20. The van der Waals surface area contributed by atoms with Gasteiger partial charge in [0.05, 0.1) is 24.3 Å². The van der Waals surface area contributed by atoms with Gasteiger partial charge in [0.1, 0.15) is 23.9 Å². The van der Waals surface area contributed by atoms with Crippen LogP contribution in [0.25, 0.3) is 0 Å². The van der Waals surface area contributed by atoms with E-state index in [0.717, 1.165) is 19.2 Å². The van der Waals surface area contributed by atoms with E-state index >= 15 is 0 Å². The van der Waals surface area contributed by atoms with Gasteiger partial charge in [0.15, 0.2) is 17.3 Å². The molecule has 170 valence electrons. The molecule has 0 fully saturated rings. The average molecular weight is 460 g/mol. The first kappa shape index (κ1) is 20.8. The minimum atomic E-state index is -3.81. The molecular formula is C21H15F3N4O5. The third kappa shape index (κ3) is 3.34. The van der Waals surface area contributed by atoms with Gasteiger partial charge < -0.3 is 19.5 Å². The van der Waals surface area contributed by atoms with Crippen molar-refractivity contribution in [2.45, 2.75) is 18.3 Å². The van der Waals surface area contributed by atoms with Crippen LogP contribution < -0.4 is 14.8 Å². The van der Waals surface area contributed by atoms with Crippen LogP contribution in [0, 0.1) is 5.82 Å². The zero-order valence-corrected chi connectivity index (χ0v) is 17.1. The van der Waals surface area contributed by atoms with Gasteiger partial charge in [0.2, 0.25) is 0 Å². The molecule has 0 amide bonds. The van der Waals surface area contributed by atoms with Crippen molar-refractivity contribution in [1.82, 2.24) is 14.8 Å². The van der Waals surface area contributed by atoms with Gasteiger partial charge in [-0.3, -0.25) is 9.48 Å². The van der Waals surface area contributed by atoms with E-state index in [-0.39, 0.29) is 34.1 Å². The smallest absolute Gasteiger partial charge is 0.465 e. The molecule has 1 aromatic heterocycles. The highest BCUT2D eigenvalue weighted by Crippen LogP contribution is 2.47. The number of halogens is 3. The summed E-state index contributed by atoms with van der Waals surface area (Å²) in [5.41, 5.74) is 0.0958. The summed E-state index contributed by atoms with van der Waals surface area (Å²) in [5.74, 6) is -3.39. The number of nitrogens with one attached hydrogen (secondary N) is 1. The molecule has 3 heterocycles. The molecular weight excluding hydrogens is 445 g/mol. The molecule has 2 aliphatic rings. The molecule has 33 heavy (non-hydrogen) atoms. The van der Waals surface area contributed by atoms with Crippen molar-refractivity contribution in [2.24, 2.45) is 7.05 Å². The number of nitrogens with zero attached hydrogens (tertiary/aromatic N) is 3. The minimum Gasteiger partial charge on any atom is -0.465 e. The zero-order chi connectivity index (χ0) is 23.5. The van der Waals surface area contributed by atoms with E-state index in [1.807, 2.05) is 0 Å². The number of esters is 1. The van der Waals surface area contributed by atoms with Gasteiger partial charge in [-0.15, -0.1) is 8.78 Å². The van der Waals surface area contributed by atoms with E-state index in [9.17, 15) is 22.8 Å². The fourth-order valence-corrected chi connectivity index (χ4v) is 4.10. The Labute approximate surface area is 184 Å². The highest BCUT2D eigenvalue weighted by Gasteiger charge is 2.46. The van der Waals surface area contributed by atoms with Crippen LogP contribution in [0.3, 0.4) is 0 Å². The maximum absolute atomic E-state index is 14.3. The van der Waals surface area contributed by atoms with Crippen molar-refractivity contribution in [1.29, 1.82) is 0 Å². The van der Waals surface area contributed by atoms with E-state index < -0.39 is 35.8 Å². The van der Waals surface area contributed by atoms with E-state index in [2.05, 4.69) is 24.9 Å². The summed E-state index contributed by atoms with van der Waals surface area (Å²) in [6.07, 6.45) is -2.56. The number of aromatic nitrogens is 3. The number of alkyl halides is 2. The second kappa shape index (κ2) is 7.22. The zero-order valence-electron chi connectivity index (χ0n) is 17.1. The third-order valence-corrected chi connectivity index (χ3v) is 5.49. The number of anilines is 1. The predicted molar refractivity (Wildman–Crippen MR) is 105 cm³/mol. The molecule has 9 nitrogen and oxygen atoms in total. The Bertz CT molecular complexity index is 1310. The average Bonchev–Trinajstić information content (AvgIpc) is 3.32. The maximum Gasteiger partial charge on any atom is 0.586 e. The lowest BCUT2D eigenvalue weighted by molar-refractivity contribution is -0.286. The Hall–Kier alpha value is -4.09. The second-order valence-corrected chi connectivity index (χ2v) is 7.45. The number of Topliss-reactive ketones (excluding diaryl/α,β-unsaturated/α-hetero) is 1. The van der Waals surface area contributed by atoms with Gasteiger partial charge in [0.25, 0.3) is 0 Å². The van der Waals surface area contributed by atoms with Crippen molar-refractivity contribution in [3.8, 4) is 11.5 Å². The monoisotopic (exact) mass is 460 g/mol. The number of aryl methyl sites for hydroxylation is 1. The first-order valence-electron chi connectivity index (χ1n) is 9.65. The lowest BCUT2D eigenvalue weighted by atomic mass is 9.80. The summed E-state index contributed by atoms with van der Waals surface area (Å²) < 4.78 is 56.4. The number of fused-ring (bicyclic) bond motifs is 2. The second-order valence-electron chi connectivity index (χ2n) is 7.45. The number of carbonyl (C=O) groups is 2. The molecule has 2 atom stereocenters. The van der Waals surface area contributed by atoms with Gasteiger partial charge in [-0.1, -0.05) is 6.07 Å². The Morgan fingerprint density at radius 2 is 1.97 bits per heavy atom. The fourth-order valence-electron chi connectivity index (χ4n) is 4.10. The number of ether oxygens (including phenoxy) is 3. The molecule has 5 rings (SSSR count). The van der Waals surface area contributed by atoms with E-state index in [1.54, 1.807) is 7.05 Å². The summed E-state index contributed by atoms with van der Waals surface area (Å²) in [7, 11) is 2.69. The lowest BCUT2D eigenvalue weighted by Gasteiger charge is -2.34. The largest absolute Gasteiger partial charge is 0.586 e. The molecule has 1 N–H and O–H groups in total. The van der Waals surface area contributed by atoms with Crippen molar-refractivity contribution in [3.05, 3.63) is 65.0 Å². The molecule has 0 bridgehead atoms. The van der Waals surface area contributed by atoms with Crippen molar-refractivity contribution >= 4 is 17.4 Å². The molecule has 3 aromatic rings. The number of methoxy groups -OCH3 is 1. The van der Waals surface area contributed by atoms with Crippen LogP contribution in [0.15, 0.2) is 36.7 Å². The maximum atomic E-state index is 14.3. The van der Waals surface area contributed by atoms with Gasteiger partial charge >= 0.3 is 12.3 Å². The van der Waals surface area contributed by atoms with Gasteiger partial charge in [-0.05, 0) is 29.8 Å². The van der Waals surface area contributed by atoms with Gasteiger partial charge in [-0.2, -0.15) is 5.10 Å². The summed E-state index contributed by atoms with van der Waals surface area (Å²) >= 11 is 0. The number of hydrogen-bond acceptors (Lipinski definition) is 8. The summed E-state index contributed by atoms with van der Waals surface area (Å²) in [4.78, 5) is 30.2. The Balaban J connectivity index is 1.68. The van der Waals surface area contributed by atoms with E-state index in [4.69, 9.17) is 4.74 Å². The van der Waals surface area contributed by atoms with Crippen LogP contribution in [0.5, 0.6) is 11.5 Å². The van der Waals surface area contributed by atoms with Crippen molar-refractivity contribution in [2.75, 3.05) is 12.4 Å². The minimum absolute atomic E-state index is 0.0480. The summed E-state index contributed by atoms with van der Waals surface area (Å²) in [6.45, 7) is 0. The topological polar surface area (TPSA) is 105 Å². The van der Waals surface area contributed by atoms with Gasteiger partial charge in [0, 0.05) is 12.7 Å². The Morgan fingerprint density at radius 3 is 2.67 bits per heavy atom. The van der Waals surface area contributed by atoms with Gasteiger partial charge in [-0.25, -0.2) is 14.2 Å². The highest BCUT2D eigenvalue weighted by molar-refractivity contribution is 6.14. The van der Waals surface area contributed by atoms with Crippen LogP contribution in [-0.4, -0.2) is 39.9 Å². The number of hydrogen-bond donors (Lipinski definition) is 1.